The molecule has 2 aromatic carbocycles. The molecule has 0 saturated carbocycles. The molecular formula is C20H19FN2O4. The summed E-state index contributed by atoms with van der Waals surface area (Å²) >= 11 is 0. The van der Waals surface area contributed by atoms with Gasteiger partial charge in [-0.15, -0.1) is 0 Å². The number of anilines is 2. The molecule has 1 aliphatic rings. The number of nitrogens with one attached hydrogen (secondary N) is 1. The molecule has 0 bridgehead atoms. The van der Waals surface area contributed by atoms with Gasteiger partial charge in [0, 0.05) is 16.9 Å². The van der Waals surface area contributed by atoms with Crippen molar-refractivity contribution in [2.45, 2.75) is 19.3 Å². The number of methoxy groups -OCH3 is 1. The Morgan fingerprint density at radius 3 is 2.59 bits per heavy atom. The zero-order chi connectivity index (χ0) is 19.8. The molecule has 0 saturated heterocycles. The highest BCUT2D eigenvalue weighted by molar-refractivity contribution is 6.11. The fourth-order valence-electron chi connectivity index (χ4n) is 3.10. The molecule has 2 amide bonds. The lowest BCUT2D eigenvalue weighted by molar-refractivity contribution is -0.140. The lowest BCUT2D eigenvalue weighted by atomic mass is 9.86. The van der Waals surface area contributed by atoms with Crippen LogP contribution in [0.2, 0.25) is 0 Å². The Labute approximate surface area is 155 Å². The van der Waals surface area contributed by atoms with Gasteiger partial charge < -0.3 is 15.0 Å². The number of ether oxygens (including phenoxy) is 1. The monoisotopic (exact) mass is 370 g/mol. The summed E-state index contributed by atoms with van der Waals surface area (Å²) < 4.78 is 18.0. The lowest BCUT2D eigenvalue weighted by Gasteiger charge is -2.19. The van der Waals surface area contributed by atoms with E-state index in [1.807, 2.05) is 0 Å². The van der Waals surface area contributed by atoms with E-state index in [1.165, 1.54) is 30.2 Å². The SMILES string of the molecule is COC(=O)CN1C(=O)C(C)(C)c2cc(NC(=O)c3cccc(F)c3)ccc21. The molecule has 0 unspecified atom stereocenters. The first-order valence-corrected chi connectivity index (χ1v) is 8.34. The summed E-state index contributed by atoms with van der Waals surface area (Å²) in [6.45, 7) is 3.33. The number of halogens is 1. The maximum absolute atomic E-state index is 13.3. The standard InChI is InChI=1S/C20H19FN2O4/c1-20(2)15-10-14(22-18(25)12-5-4-6-13(21)9-12)7-8-16(15)23(19(20)26)11-17(24)27-3/h4-10H,11H2,1-3H3,(H,22,25). The van der Waals surface area contributed by atoms with Crippen molar-refractivity contribution in [1.82, 2.24) is 0 Å². The van der Waals surface area contributed by atoms with Crippen molar-refractivity contribution in [3.05, 3.63) is 59.4 Å². The quantitative estimate of drug-likeness (QED) is 0.840. The Morgan fingerprint density at radius 1 is 1.19 bits per heavy atom. The molecule has 1 N–H and O–H groups in total. The van der Waals surface area contributed by atoms with Crippen molar-refractivity contribution in [3.63, 3.8) is 0 Å². The molecule has 0 fully saturated rings. The zero-order valence-electron chi connectivity index (χ0n) is 15.2. The van der Waals surface area contributed by atoms with Crippen LogP contribution in [0.3, 0.4) is 0 Å². The van der Waals surface area contributed by atoms with Crippen LogP contribution < -0.4 is 10.2 Å². The second-order valence-electron chi connectivity index (χ2n) is 6.79. The number of benzene rings is 2. The van der Waals surface area contributed by atoms with Crippen molar-refractivity contribution in [2.75, 3.05) is 23.9 Å². The summed E-state index contributed by atoms with van der Waals surface area (Å²) in [5.41, 5.74) is 1.10. The Balaban J connectivity index is 1.90. The van der Waals surface area contributed by atoms with E-state index in [-0.39, 0.29) is 18.0 Å². The van der Waals surface area contributed by atoms with Crippen molar-refractivity contribution in [1.29, 1.82) is 0 Å². The number of carbonyl (C=O) groups excluding carboxylic acids is 3. The third kappa shape index (κ3) is 3.40. The van der Waals surface area contributed by atoms with Gasteiger partial charge in [-0.05, 0) is 55.8 Å². The predicted molar refractivity (Wildman–Crippen MR) is 98.2 cm³/mol. The molecule has 1 aliphatic heterocycles. The molecule has 0 atom stereocenters. The first-order chi connectivity index (χ1) is 12.7. The molecule has 0 spiro atoms. The van der Waals surface area contributed by atoms with Crippen LogP contribution in [0.25, 0.3) is 0 Å². The number of nitrogens with zero attached hydrogens (tertiary/aromatic N) is 1. The number of amides is 2. The average molecular weight is 370 g/mol. The van der Waals surface area contributed by atoms with Crippen LogP contribution in [0.4, 0.5) is 15.8 Å². The van der Waals surface area contributed by atoms with E-state index >= 15 is 0 Å². The van der Waals surface area contributed by atoms with E-state index in [0.29, 0.717) is 16.9 Å². The molecule has 3 rings (SSSR count). The molecule has 27 heavy (non-hydrogen) atoms. The minimum Gasteiger partial charge on any atom is -0.468 e. The molecule has 7 heteroatoms. The van der Waals surface area contributed by atoms with E-state index in [1.54, 1.807) is 32.0 Å². The number of hydrogen-bond acceptors (Lipinski definition) is 4. The van der Waals surface area contributed by atoms with E-state index in [2.05, 4.69) is 10.1 Å². The molecule has 6 nitrogen and oxygen atoms in total. The molecule has 0 radical (unpaired) electrons. The third-order valence-corrected chi connectivity index (χ3v) is 4.60. The second kappa shape index (κ2) is 6.83. The van der Waals surface area contributed by atoms with Crippen LogP contribution in [0, 0.1) is 5.82 Å². The number of fused-ring (bicyclic) bond motifs is 1. The first kappa shape index (κ1) is 18.6. The van der Waals surface area contributed by atoms with E-state index < -0.39 is 23.1 Å². The van der Waals surface area contributed by atoms with Gasteiger partial charge in [0.1, 0.15) is 12.4 Å². The number of hydrogen-bond donors (Lipinski definition) is 1. The summed E-state index contributed by atoms with van der Waals surface area (Å²) in [5.74, 6) is -1.70. The van der Waals surface area contributed by atoms with Crippen molar-refractivity contribution >= 4 is 29.2 Å². The smallest absolute Gasteiger partial charge is 0.325 e. The predicted octanol–water partition coefficient (Wildman–Crippen LogP) is 2.88. The number of carbonyl (C=O) groups is 3. The largest absolute Gasteiger partial charge is 0.468 e. The van der Waals surface area contributed by atoms with Crippen LogP contribution in [0.15, 0.2) is 42.5 Å². The highest BCUT2D eigenvalue weighted by Gasteiger charge is 2.44. The average Bonchev–Trinajstić information content (AvgIpc) is 2.82. The molecule has 0 aliphatic carbocycles. The van der Waals surface area contributed by atoms with Crippen molar-refractivity contribution < 1.29 is 23.5 Å². The van der Waals surface area contributed by atoms with Crippen LogP contribution in [-0.4, -0.2) is 31.4 Å². The summed E-state index contributed by atoms with van der Waals surface area (Å²) in [5, 5.41) is 2.71. The van der Waals surface area contributed by atoms with Gasteiger partial charge >= 0.3 is 5.97 Å². The van der Waals surface area contributed by atoms with Gasteiger partial charge in [-0.2, -0.15) is 0 Å². The van der Waals surface area contributed by atoms with E-state index in [9.17, 15) is 18.8 Å². The fraction of sp³-hybridized carbons (Fsp3) is 0.250. The van der Waals surface area contributed by atoms with Crippen molar-refractivity contribution in [3.8, 4) is 0 Å². The molecular weight excluding hydrogens is 351 g/mol. The van der Waals surface area contributed by atoms with Crippen LogP contribution in [-0.2, 0) is 19.7 Å². The second-order valence-corrected chi connectivity index (χ2v) is 6.79. The maximum Gasteiger partial charge on any atom is 0.325 e. The topological polar surface area (TPSA) is 75.7 Å². The molecule has 2 aromatic rings. The Bertz CT molecular complexity index is 939. The maximum atomic E-state index is 13.3. The van der Waals surface area contributed by atoms with Gasteiger partial charge in [-0.3, -0.25) is 14.4 Å². The Kier molecular flexibility index (Phi) is 4.70. The molecule has 0 aromatic heterocycles. The minimum atomic E-state index is -0.858. The van der Waals surface area contributed by atoms with Gasteiger partial charge in [0.2, 0.25) is 5.91 Å². The normalized spacial score (nSPS) is 14.7. The summed E-state index contributed by atoms with van der Waals surface area (Å²) in [4.78, 5) is 38.0. The fourth-order valence-corrected chi connectivity index (χ4v) is 3.10. The summed E-state index contributed by atoms with van der Waals surface area (Å²) in [6, 6.07) is 10.4. The summed E-state index contributed by atoms with van der Waals surface area (Å²) in [6.07, 6.45) is 0. The Morgan fingerprint density at radius 2 is 1.93 bits per heavy atom. The van der Waals surface area contributed by atoms with Gasteiger partial charge in [-0.1, -0.05) is 6.07 Å². The zero-order valence-corrected chi connectivity index (χ0v) is 15.2. The molecule has 1 heterocycles. The Hall–Kier alpha value is -3.22. The van der Waals surface area contributed by atoms with Crippen LogP contribution in [0.5, 0.6) is 0 Å². The minimum absolute atomic E-state index is 0.180. The van der Waals surface area contributed by atoms with E-state index in [4.69, 9.17) is 0 Å². The number of esters is 1. The van der Waals surface area contributed by atoms with Gasteiger partial charge in [0.15, 0.2) is 0 Å². The van der Waals surface area contributed by atoms with Gasteiger partial charge in [-0.25, -0.2) is 4.39 Å². The van der Waals surface area contributed by atoms with Gasteiger partial charge in [0.25, 0.3) is 5.91 Å². The molecule has 140 valence electrons. The summed E-state index contributed by atoms with van der Waals surface area (Å²) in [7, 11) is 1.26. The van der Waals surface area contributed by atoms with Crippen LogP contribution in [0.1, 0.15) is 29.8 Å². The third-order valence-electron chi connectivity index (χ3n) is 4.60. The first-order valence-electron chi connectivity index (χ1n) is 8.34. The van der Waals surface area contributed by atoms with Gasteiger partial charge in [0.05, 0.1) is 12.5 Å². The highest BCUT2D eigenvalue weighted by atomic mass is 19.1. The lowest BCUT2D eigenvalue weighted by Crippen LogP contribution is -2.39. The van der Waals surface area contributed by atoms with E-state index in [0.717, 1.165) is 6.07 Å². The van der Waals surface area contributed by atoms with Crippen molar-refractivity contribution in [2.24, 2.45) is 0 Å². The number of rotatable bonds is 4. The highest BCUT2D eigenvalue weighted by Crippen LogP contribution is 2.42. The van der Waals surface area contributed by atoms with Crippen LogP contribution >= 0.6 is 0 Å².